The third-order valence-electron chi connectivity index (χ3n) is 2.19. The van der Waals surface area contributed by atoms with Gasteiger partial charge in [-0.05, 0) is 12.1 Å². The highest BCUT2D eigenvalue weighted by atomic mass is 79.9. The number of fused-ring (bicyclic) bond motifs is 1. The lowest BCUT2D eigenvalue weighted by Gasteiger charge is -2.20. The van der Waals surface area contributed by atoms with Gasteiger partial charge in [0.1, 0.15) is 13.2 Å². The fraction of sp³-hybridized carbons (Fsp3) is 0.300. The van der Waals surface area contributed by atoms with Gasteiger partial charge in [0.2, 0.25) is 0 Å². The van der Waals surface area contributed by atoms with Gasteiger partial charge in [0.15, 0.2) is 17.6 Å². The van der Waals surface area contributed by atoms with Crippen LogP contribution < -0.4 is 9.47 Å². The molecule has 1 aromatic carbocycles. The van der Waals surface area contributed by atoms with E-state index in [1.165, 1.54) is 6.07 Å². The Morgan fingerprint density at radius 1 is 1.31 bits per heavy atom. The fourth-order valence-corrected chi connectivity index (χ4v) is 1.96. The van der Waals surface area contributed by atoms with Gasteiger partial charge in [-0.25, -0.2) is 4.79 Å². The molecule has 5 nitrogen and oxygen atoms in total. The summed E-state index contributed by atoms with van der Waals surface area (Å²) in [6.07, 6.45) is -1.58. The van der Waals surface area contributed by atoms with E-state index in [4.69, 9.17) is 14.6 Å². The maximum Gasteiger partial charge on any atom is 0.337 e. The maximum absolute atomic E-state index is 10.7. The molecule has 6 heteroatoms. The summed E-state index contributed by atoms with van der Waals surface area (Å²) in [5.41, 5.74) is 0.247. The predicted octanol–water partition coefficient (Wildman–Crippen LogP) is 1.34. The van der Waals surface area contributed by atoms with E-state index in [-0.39, 0.29) is 5.56 Å². The average molecular weight is 289 g/mol. The van der Waals surface area contributed by atoms with Crippen LogP contribution >= 0.6 is 15.9 Å². The first-order valence-corrected chi connectivity index (χ1v) is 5.39. The molecule has 0 saturated carbocycles. The van der Waals surface area contributed by atoms with Crippen LogP contribution in [0.15, 0.2) is 16.6 Å². The standard InChI is InChI=1S/C10H9BrO5/c11-6-4-8-7(15-1-2-16-8)3-5(6)9(12)10(13)14/h3-4,9,12H,1-2H2,(H,13,14). The van der Waals surface area contributed by atoms with Crippen molar-refractivity contribution in [3.8, 4) is 11.5 Å². The van der Waals surface area contributed by atoms with E-state index in [9.17, 15) is 9.90 Å². The van der Waals surface area contributed by atoms with Gasteiger partial charge in [-0.1, -0.05) is 15.9 Å². The minimum absolute atomic E-state index is 0.247. The normalized spacial score (nSPS) is 15.6. The number of carboxylic acids is 1. The molecule has 16 heavy (non-hydrogen) atoms. The summed E-state index contributed by atoms with van der Waals surface area (Å²) in [5, 5.41) is 18.2. The largest absolute Gasteiger partial charge is 0.486 e. The van der Waals surface area contributed by atoms with E-state index < -0.39 is 12.1 Å². The van der Waals surface area contributed by atoms with Crippen LogP contribution in [-0.2, 0) is 4.79 Å². The van der Waals surface area contributed by atoms with Gasteiger partial charge in [0.25, 0.3) is 0 Å². The summed E-state index contributed by atoms with van der Waals surface area (Å²) < 4.78 is 11.1. The molecular weight excluding hydrogens is 280 g/mol. The van der Waals surface area contributed by atoms with Crippen LogP contribution in [-0.4, -0.2) is 29.4 Å². The molecule has 1 aromatic rings. The van der Waals surface area contributed by atoms with E-state index in [1.807, 2.05) is 0 Å². The second-order valence-corrected chi connectivity index (χ2v) is 4.11. The molecular formula is C10H9BrO5. The summed E-state index contributed by atoms with van der Waals surface area (Å²) in [5.74, 6) is -0.318. The third-order valence-corrected chi connectivity index (χ3v) is 2.88. The molecule has 0 bridgehead atoms. The van der Waals surface area contributed by atoms with Crippen molar-refractivity contribution in [3.05, 3.63) is 22.2 Å². The maximum atomic E-state index is 10.7. The molecule has 0 saturated heterocycles. The Morgan fingerprint density at radius 3 is 2.44 bits per heavy atom. The van der Waals surface area contributed by atoms with Gasteiger partial charge >= 0.3 is 5.97 Å². The highest BCUT2D eigenvalue weighted by molar-refractivity contribution is 9.10. The quantitative estimate of drug-likeness (QED) is 0.859. The Hall–Kier alpha value is -1.27. The number of hydrogen-bond donors (Lipinski definition) is 2. The molecule has 1 unspecified atom stereocenters. The molecule has 0 radical (unpaired) electrons. The number of ether oxygens (including phenoxy) is 2. The van der Waals surface area contributed by atoms with Gasteiger partial charge in [0, 0.05) is 10.0 Å². The molecule has 1 aliphatic rings. The van der Waals surface area contributed by atoms with Gasteiger partial charge in [-0.15, -0.1) is 0 Å². The first kappa shape index (κ1) is 11.2. The van der Waals surface area contributed by atoms with E-state index in [0.717, 1.165) is 0 Å². The predicted molar refractivity (Wildman–Crippen MR) is 57.7 cm³/mol. The van der Waals surface area contributed by atoms with Gasteiger partial charge in [0.05, 0.1) is 0 Å². The fourth-order valence-electron chi connectivity index (χ4n) is 1.42. The number of hydrogen-bond acceptors (Lipinski definition) is 4. The summed E-state index contributed by atoms with van der Waals surface area (Å²) in [6.45, 7) is 0.873. The van der Waals surface area contributed by atoms with Gasteiger partial charge in [-0.3, -0.25) is 0 Å². The summed E-state index contributed by atoms with van der Waals surface area (Å²) in [4.78, 5) is 10.7. The summed E-state index contributed by atoms with van der Waals surface area (Å²) in [7, 11) is 0. The molecule has 1 aliphatic heterocycles. The number of aliphatic hydroxyl groups is 1. The monoisotopic (exact) mass is 288 g/mol. The summed E-state index contributed by atoms with van der Waals surface area (Å²) >= 11 is 3.19. The number of carbonyl (C=O) groups is 1. The van der Waals surface area contributed by atoms with Crippen LogP contribution in [0.1, 0.15) is 11.7 Å². The van der Waals surface area contributed by atoms with Crippen LogP contribution in [0, 0.1) is 0 Å². The average Bonchev–Trinajstić information content (AvgIpc) is 2.27. The molecule has 86 valence electrons. The summed E-state index contributed by atoms with van der Waals surface area (Å²) in [6, 6.07) is 3.06. The minimum Gasteiger partial charge on any atom is -0.486 e. The second kappa shape index (κ2) is 4.31. The van der Waals surface area contributed by atoms with E-state index in [1.54, 1.807) is 6.07 Å². The van der Waals surface area contributed by atoms with Crippen molar-refractivity contribution in [1.82, 2.24) is 0 Å². The SMILES string of the molecule is O=C(O)C(O)c1cc2c(cc1Br)OCCO2. The lowest BCUT2D eigenvalue weighted by Crippen LogP contribution is -2.17. The topological polar surface area (TPSA) is 76.0 Å². The molecule has 1 atom stereocenters. The Kier molecular flexibility index (Phi) is 3.02. The molecule has 2 rings (SSSR count). The van der Waals surface area contributed by atoms with Crippen molar-refractivity contribution in [3.63, 3.8) is 0 Å². The smallest absolute Gasteiger partial charge is 0.337 e. The van der Waals surface area contributed by atoms with Crippen LogP contribution in [0.2, 0.25) is 0 Å². The second-order valence-electron chi connectivity index (χ2n) is 3.26. The number of halogens is 1. The van der Waals surface area contributed by atoms with Crippen LogP contribution in [0.25, 0.3) is 0 Å². The molecule has 1 heterocycles. The van der Waals surface area contributed by atoms with Crippen LogP contribution in [0.4, 0.5) is 0 Å². The van der Waals surface area contributed by atoms with Crippen molar-refractivity contribution < 1.29 is 24.5 Å². The zero-order chi connectivity index (χ0) is 11.7. The molecule has 0 aliphatic carbocycles. The van der Waals surface area contributed by atoms with Crippen LogP contribution in [0.5, 0.6) is 11.5 Å². The van der Waals surface area contributed by atoms with Gasteiger partial charge < -0.3 is 19.7 Å². The Bertz CT molecular complexity index is 431. The van der Waals surface area contributed by atoms with E-state index >= 15 is 0 Å². The first-order valence-electron chi connectivity index (χ1n) is 4.59. The van der Waals surface area contributed by atoms with Crippen molar-refractivity contribution >= 4 is 21.9 Å². The number of benzene rings is 1. The lowest BCUT2D eigenvalue weighted by atomic mass is 10.1. The first-order chi connectivity index (χ1) is 7.59. The Labute approximate surface area is 99.7 Å². The molecule has 2 N–H and O–H groups in total. The number of rotatable bonds is 2. The van der Waals surface area contributed by atoms with Gasteiger partial charge in [-0.2, -0.15) is 0 Å². The zero-order valence-electron chi connectivity index (χ0n) is 8.14. The molecule has 0 aromatic heterocycles. The number of carboxylic acid groups (broad SMARTS) is 1. The van der Waals surface area contributed by atoms with Crippen molar-refractivity contribution in [2.45, 2.75) is 6.10 Å². The zero-order valence-corrected chi connectivity index (χ0v) is 9.73. The lowest BCUT2D eigenvalue weighted by molar-refractivity contribution is -0.147. The minimum atomic E-state index is -1.58. The van der Waals surface area contributed by atoms with Crippen molar-refractivity contribution in [2.24, 2.45) is 0 Å². The van der Waals surface area contributed by atoms with Crippen LogP contribution in [0.3, 0.4) is 0 Å². The van der Waals surface area contributed by atoms with Crippen molar-refractivity contribution in [2.75, 3.05) is 13.2 Å². The van der Waals surface area contributed by atoms with E-state index in [2.05, 4.69) is 15.9 Å². The molecule has 0 spiro atoms. The Morgan fingerprint density at radius 2 is 1.88 bits per heavy atom. The number of aliphatic hydroxyl groups excluding tert-OH is 1. The van der Waals surface area contributed by atoms with E-state index in [0.29, 0.717) is 29.2 Å². The Balaban J connectivity index is 2.43. The highest BCUT2D eigenvalue weighted by Gasteiger charge is 2.23. The molecule has 0 fully saturated rings. The number of aliphatic carboxylic acids is 1. The van der Waals surface area contributed by atoms with Crippen molar-refractivity contribution in [1.29, 1.82) is 0 Å². The molecule has 0 amide bonds. The third kappa shape index (κ3) is 1.98. The highest BCUT2D eigenvalue weighted by Crippen LogP contribution is 2.37.